The van der Waals surface area contributed by atoms with Crippen molar-refractivity contribution in [3.8, 4) is 11.5 Å². The Bertz CT molecular complexity index is 1130. The van der Waals surface area contributed by atoms with Gasteiger partial charge in [0, 0.05) is 19.5 Å². The van der Waals surface area contributed by atoms with Gasteiger partial charge >= 0.3 is 0 Å². The molecule has 0 bridgehead atoms. The van der Waals surface area contributed by atoms with Gasteiger partial charge in [-0.2, -0.15) is 4.31 Å². The average molecular weight is 453 g/mol. The number of rotatable bonds is 10. The Morgan fingerprint density at radius 3 is 2.16 bits per heavy atom. The molecule has 0 fully saturated rings. The molecule has 0 saturated carbocycles. The molecule has 0 saturated heterocycles. The van der Waals surface area contributed by atoms with Gasteiger partial charge in [-0.15, -0.1) is 0 Å². The van der Waals surface area contributed by atoms with Crippen LogP contribution >= 0.6 is 0 Å². The van der Waals surface area contributed by atoms with E-state index in [0.29, 0.717) is 36.7 Å². The van der Waals surface area contributed by atoms with Crippen LogP contribution in [0, 0.1) is 0 Å². The van der Waals surface area contributed by atoms with Crippen LogP contribution in [0.15, 0.2) is 83.8 Å². The number of para-hydroxylation sites is 3. The summed E-state index contributed by atoms with van der Waals surface area (Å²) in [7, 11) is -3.48. The van der Waals surface area contributed by atoms with Crippen LogP contribution in [0.25, 0.3) is 0 Å². The van der Waals surface area contributed by atoms with Crippen molar-refractivity contribution in [3.05, 3.63) is 84.4 Å². The van der Waals surface area contributed by atoms with Crippen LogP contribution < -0.4 is 10.1 Å². The minimum absolute atomic E-state index is 0.144. The van der Waals surface area contributed by atoms with Gasteiger partial charge in [0.05, 0.1) is 10.6 Å². The summed E-state index contributed by atoms with van der Waals surface area (Å²) in [5.41, 5.74) is 1.49. The molecule has 0 spiro atoms. The van der Waals surface area contributed by atoms with Gasteiger partial charge in [-0.3, -0.25) is 4.79 Å². The predicted molar refractivity (Wildman–Crippen MR) is 126 cm³/mol. The number of aryl methyl sites for hydroxylation is 1. The summed E-state index contributed by atoms with van der Waals surface area (Å²) in [6, 6.07) is 23.4. The maximum atomic E-state index is 12.6. The highest BCUT2D eigenvalue weighted by molar-refractivity contribution is 7.89. The second-order valence-electron chi connectivity index (χ2n) is 7.19. The molecule has 168 valence electrons. The molecule has 0 heterocycles. The van der Waals surface area contributed by atoms with Gasteiger partial charge < -0.3 is 10.1 Å². The van der Waals surface area contributed by atoms with Crippen molar-refractivity contribution < 1.29 is 17.9 Å². The Labute approximate surface area is 189 Å². The molecule has 0 aliphatic carbocycles. The first-order valence-electron chi connectivity index (χ1n) is 10.6. The Hall–Kier alpha value is -3.16. The Kier molecular flexibility index (Phi) is 8.03. The van der Waals surface area contributed by atoms with Crippen molar-refractivity contribution >= 4 is 21.6 Å². The molecule has 0 radical (unpaired) electrons. The van der Waals surface area contributed by atoms with Crippen LogP contribution in [0.3, 0.4) is 0 Å². The van der Waals surface area contributed by atoms with Crippen molar-refractivity contribution in [2.24, 2.45) is 0 Å². The average Bonchev–Trinajstić information content (AvgIpc) is 2.80. The van der Waals surface area contributed by atoms with Crippen molar-refractivity contribution in [2.75, 3.05) is 18.4 Å². The van der Waals surface area contributed by atoms with Gasteiger partial charge in [0.1, 0.15) is 5.75 Å². The smallest absolute Gasteiger partial charge is 0.243 e. The third kappa shape index (κ3) is 5.96. The Morgan fingerprint density at radius 2 is 1.50 bits per heavy atom. The summed E-state index contributed by atoms with van der Waals surface area (Å²) in [4.78, 5) is 12.8. The largest absolute Gasteiger partial charge is 0.455 e. The number of benzene rings is 3. The zero-order valence-corrected chi connectivity index (χ0v) is 19.1. The SMILES string of the molecule is CCN(CC)S(=O)(=O)c1ccc(CCC(=O)Nc2ccccc2Oc2ccccc2)cc1. The fourth-order valence-corrected chi connectivity index (χ4v) is 4.74. The lowest BCUT2D eigenvalue weighted by Gasteiger charge is -2.18. The fourth-order valence-electron chi connectivity index (χ4n) is 3.29. The monoisotopic (exact) mass is 452 g/mol. The number of sulfonamides is 1. The summed E-state index contributed by atoms with van der Waals surface area (Å²) in [5, 5.41) is 2.90. The van der Waals surface area contributed by atoms with Crippen molar-refractivity contribution in [1.82, 2.24) is 4.31 Å². The first kappa shape index (κ1) is 23.5. The maximum Gasteiger partial charge on any atom is 0.243 e. The van der Waals surface area contributed by atoms with E-state index < -0.39 is 10.0 Å². The van der Waals surface area contributed by atoms with Crippen LogP contribution in [0.5, 0.6) is 11.5 Å². The summed E-state index contributed by atoms with van der Waals surface area (Å²) in [6.45, 7) is 4.49. The molecule has 1 amide bonds. The molecule has 0 unspecified atom stereocenters. The number of carbonyl (C=O) groups is 1. The Morgan fingerprint density at radius 1 is 0.875 bits per heavy atom. The molecule has 3 rings (SSSR count). The van der Waals surface area contributed by atoms with Crippen molar-refractivity contribution in [2.45, 2.75) is 31.6 Å². The molecule has 0 atom stereocenters. The maximum absolute atomic E-state index is 12.6. The first-order chi connectivity index (χ1) is 15.4. The summed E-state index contributed by atoms with van der Waals surface area (Å²) < 4.78 is 32.5. The highest BCUT2D eigenvalue weighted by Crippen LogP contribution is 2.29. The van der Waals surface area contributed by atoms with Gasteiger partial charge in [0.25, 0.3) is 0 Å². The van der Waals surface area contributed by atoms with E-state index >= 15 is 0 Å². The van der Waals surface area contributed by atoms with E-state index in [-0.39, 0.29) is 17.2 Å². The molecule has 6 nitrogen and oxygen atoms in total. The van der Waals surface area contributed by atoms with Gasteiger partial charge in [-0.1, -0.05) is 56.3 Å². The van der Waals surface area contributed by atoms with Gasteiger partial charge in [-0.25, -0.2) is 8.42 Å². The third-order valence-electron chi connectivity index (χ3n) is 5.04. The first-order valence-corrected chi connectivity index (χ1v) is 12.1. The lowest BCUT2D eigenvalue weighted by molar-refractivity contribution is -0.116. The number of anilines is 1. The number of hydrogen-bond acceptors (Lipinski definition) is 4. The van der Waals surface area contributed by atoms with Crippen LogP contribution in [-0.4, -0.2) is 31.7 Å². The highest BCUT2D eigenvalue weighted by atomic mass is 32.2. The number of nitrogens with one attached hydrogen (secondary N) is 1. The number of nitrogens with zero attached hydrogens (tertiary/aromatic N) is 1. The number of carbonyl (C=O) groups excluding carboxylic acids is 1. The second-order valence-corrected chi connectivity index (χ2v) is 9.13. The minimum Gasteiger partial charge on any atom is -0.455 e. The van der Waals surface area contributed by atoms with Crippen LogP contribution in [-0.2, 0) is 21.2 Å². The highest BCUT2D eigenvalue weighted by Gasteiger charge is 2.21. The molecule has 7 heteroatoms. The molecule has 3 aromatic rings. The van der Waals surface area contributed by atoms with E-state index in [0.717, 1.165) is 5.56 Å². The zero-order chi connectivity index (χ0) is 23.0. The van der Waals surface area contributed by atoms with Crippen molar-refractivity contribution in [3.63, 3.8) is 0 Å². The second kappa shape index (κ2) is 10.9. The van der Waals surface area contributed by atoms with Crippen LogP contribution in [0.2, 0.25) is 0 Å². The zero-order valence-electron chi connectivity index (χ0n) is 18.3. The van der Waals surface area contributed by atoms with Gasteiger partial charge in [0.15, 0.2) is 5.75 Å². The molecule has 0 aromatic heterocycles. The van der Waals surface area contributed by atoms with Crippen molar-refractivity contribution in [1.29, 1.82) is 0 Å². The molecule has 3 aromatic carbocycles. The van der Waals surface area contributed by atoms with E-state index in [4.69, 9.17) is 4.74 Å². The number of ether oxygens (including phenoxy) is 1. The van der Waals surface area contributed by atoms with Gasteiger partial charge in [-0.05, 0) is 48.4 Å². The van der Waals surface area contributed by atoms with E-state index in [1.807, 2.05) is 56.3 Å². The molecule has 0 aliphatic rings. The summed E-state index contributed by atoms with van der Waals surface area (Å²) in [5.74, 6) is 1.11. The van der Waals surface area contributed by atoms with E-state index in [2.05, 4.69) is 5.32 Å². The fraction of sp³-hybridized carbons (Fsp3) is 0.240. The predicted octanol–water partition coefficient (Wildman–Crippen LogP) is 5.08. The number of amides is 1. The molecular formula is C25H28N2O4S. The van der Waals surface area contributed by atoms with Gasteiger partial charge in [0.2, 0.25) is 15.9 Å². The quantitative estimate of drug-likeness (QED) is 0.465. The van der Waals surface area contributed by atoms with E-state index in [9.17, 15) is 13.2 Å². The molecule has 32 heavy (non-hydrogen) atoms. The molecular weight excluding hydrogens is 424 g/mol. The Balaban J connectivity index is 1.60. The number of hydrogen-bond donors (Lipinski definition) is 1. The van der Waals surface area contributed by atoms with Crippen LogP contribution in [0.4, 0.5) is 5.69 Å². The molecule has 1 N–H and O–H groups in total. The topological polar surface area (TPSA) is 75.7 Å². The lowest BCUT2D eigenvalue weighted by Crippen LogP contribution is -2.30. The standard InChI is InChI=1S/C25H28N2O4S/c1-3-27(4-2)32(29,30)22-17-14-20(15-18-22)16-19-25(28)26-23-12-8-9-13-24(23)31-21-10-6-5-7-11-21/h5-15,17-18H,3-4,16,19H2,1-2H3,(H,26,28). The summed E-state index contributed by atoms with van der Waals surface area (Å²) in [6.07, 6.45) is 0.765. The van der Waals surface area contributed by atoms with Crippen LogP contribution in [0.1, 0.15) is 25.8 Å². The lowest BCUT2D eigenvalue weighted by atomic mass is 10.1. The molecule has 0 aliphatic heterocycles. The minimum atomic E-state index is -3.48. The van der Waals surface area contributed by atoms with E-state index in [1.54, 1.807) is 36.4 Å². The third-order valence-corrected chi connectivity index (χ3v) is 7.10. The van der Waals surface area contributed by atoms with E-state index in [1.165, 1.54) is 4.31 Å². The normalized spacial score (nSPS) is 11.3. The summed E-state index contributed by atoms with van der Waals surface area (Å²) >= 11 is 0.